The fourth-order valence-electron chi connectivity index (χ4n) is 4.00. The molecule has 0 amide bonds. The van der Waals surface area contributed by atoms with E-state index >= 15 is 0 Å². The molecule has 0 atom stereocenters. The molecule has 0 unspecified atom stereocenters. The van der Waals surface area contributed by atoms with Crippen LogP contribution in [0.25, 0.3) is 10.9 Å². The van der Waals surface area contributed by atoms with Crippen molar-refractivity contribution >= 4 is 22.8 Å². The summed E-state index contributed by atoms with van der Waals surface area (Å²) in [6, 6.07) is 22.4. The number of hydrogen-bond acceptors (Lipinski definition) is 4. The van der Waals surface area contributed by atoms with Crippen LogP contribution in [0.5, 0.6) is 11.5 Å². The van der Waals surface area contributed by atoms with Gasteiger partial charge in [-0.1, -0.05) is 36.4 Å². The number of carbonyl (C=O) groups excluding carboxylic acids is 1. The summed E-state index contributed by atoms with van der Waals surface area (Å²) in [5, 5.41) is 10.1. The van der Waals surface area contributed by atoms with Gasteiger partial charge in [0, 0.05) is 23.1 Å². The molecule has 168 valence electrons. The second-order valence-electron chi connectivity index (χ2n) is 7.77. The molecule has 6 heteroatoms. The first-order valence-corrected chi connectivity index (χ1v) is 10.7. The summed E-state index contributed by atoms with van der Waals surface area (Å²) in [4.78, 5) is 25.0. The van der Waals surface area contributed by atoms with E-state index in [0.29, 0.717) is 45.8 Å². The number of aromatic nitrogens is 1. The van der Waals surface area contributed by atoms with E-state index < -0.39 is 5.97 Å². The van der Waals surface area contributed by atoms with Crippen molar-refractivity contribution in [2.45, 2.75) is 19.8 Å². The van der Waals surface area contributed by atoms with E-state index in [-0.39, 0.29) is 12.3 Å². The van der Waals surface area contributed by atoms with Crippen molar-refractivity contribution in [2.75, 3.05) is 13.7 Å². The van der Waals surface area contributed by atoms with Gasteiger partial charge in [-0.2, -0.15) is 0 Å². The van der Waals surface area contributed by atoms with Crippen molar-refractivity contribution in [3.8, 4) is 11.5 Å². The molecule has 0 aliphatic rings. The minimum absolute atomic E-state index is 0.182. The number of carbonyl (C=O) groups is 2. The standard InChI is InChI=1S/C27H25NO5/c1-18-23(17-26(29)30)24-16-21(32-2)11-12-25(24)28(18)27(31)20-9-6-10-22(15-20)33-14-13-19-7-4-3-5-8-19/h3-12,15-16H,13-14,17H2,1-2H3,(H,29,30). The van der Waals surface area contributed by atoms with Crippen LogP contribution in [-0.2, 0) is 17.6 Å². The van der Waals surface area contributed by atoms with Gasteiger partial charge in [-0.15, -0.1) is 0 Å². The maximum Gasteiger partial charge on any atom is 0.307 e. The summed E-state index contributed by atoms with van der Waals surface area (Å²) in [5.41, 5.74) is 3.48. The molecular weight excluding hydrogens is 418 g/mol. The van der Waals surface area contributed by atoms with Crippen LogP contribution in [0.15, 0.2) is 72.8 Å². The Morgan fingerprint density at radius 1 is 0.939 bits per heavy atom. The zero-order valence-electron chi connectivity index (χ0n) is 18.6. The fraction of sp³-hybridized carbons (Fsp3) is 0.185. The predicted octanol–water partition coefficient (Wildman–Crippen LogP) is 4.90. The Balaban J connectivity index is 1.64. The molecule has 0 aliphatic carbocycles. The van der Waals surface area contributed by atoms with Crippen LogP contribution in [0, 0.1) is 6.92 Å². The SMILES string of the molecule is COc1ccc2c(c1)c(CC(=O)O)c(C)n2C(=O)c1cccc(OCCc2ccccc2)c1. The number of aliphatic carboxylic acids is 1. The number of ether oxygens (including phenoxy) is 2. The lowest BCUT2D eigenvalue weighted by atomic mass is 10.1. The number of benzene rings is 3. The minimum atomic E-state index is -0.957. The van der Waals surface area contributed by atoms with Gasteiger partial charge in [-0.05, 0) is 54.4 Å². The Kier molecular flexibility index (Phi) is 6.45. The normalized spacial score (nSPS) is 10.8. The van der Waals surface area contributed by atoms with Crippen molar-refractivity contribution in [3.63, 3.8) is 0 Å². The summed E-state index contributed by atoms with van der Waals surface area (Å²) >= 11 is 0. The first-order chi connectivity index (χ1) is 16.0. The highest BCUT2D eigenvalue weighted by atomic mass is 16.5. The van der Waals surface area contributed by atoms with E-state index in [2.05, 4.69) is 0 Å². The summed E-state index contributed by atoms with van der Waals surface area (Å²) in [7, 11) is 1.55. The Hall–Kier alpha value is -4.06. The summed E-state index contributed by atoms with van der Waals surface area (Å²) < 4.78 is 12.8. The molecule has 4 rings (SSSR count). The van der Waals surface area contributed by atoms with Gasteiger partial charge < -0.3 is 14.6 Å². The highest BCUT2D eigenvalue weighted by molar-refractivity contribution is 6.05. The number of fused-ring (bicyclic) bond motifs is 1. The number of carboxylic acids is 1. The molecule has 6 nitrogen and oxygen atoms in total. The van der Waals surface area contributed by atoms with Gasteiger partial charge in [-0.25, -0.2) is 0 Å². The third-order valence-electron chi connectivity index (χ3n) is 5.66. The second kappa shape index (κ2) is 9.61. The van der Waals surface area contributed by atoms with Crippen molar-refractivity contribution in [2.24, 2.45) is 0 Å². The Bertz CT molecular complexity index is 1310. The molecule has 0 bridgehead atoms. The zero-order chi connectivity index (χ0) is 23.4. The van der Waals surface area contributed by atoms with Gasteiger partial charge in [0.1, 0.15) is 11.5 Å². The molecule has 1 aromatic heterocycles. The maximum atomic E-state index is 13.5. The van der Waals surface area contributed by atoms with E-state index in [1.165, 1.54) is 5.56 Å². The molecule has 1 N–H and O–H groups in total. The number of hydrogen-bond donors (Lipinski definition) is 1. The van der Waals surface area contributed by atoms with Crippen molar-refractivity contribution < 1.29 is 24.2 Å². The predicted molar refractivity (Wildman–Crippen MR) is 126 cm³/mol. The summed E-state index contributed by atoms with van der Waals surface area (Å²) in [6.07, 6.45) is 0.582. The fourth-order valence-corrected chi connectivity index (χ4v) is 4.00. The lowest BCUT2D eigenvalue weighted by Crippen LogP contribution is -2.14. The summed E-state index contributed by atoms with van der Waals surface area (Å²) in [6.45, 7) is 2.26. The third kappa shape index (κ3) is 4.75. The molecule has 0 saturated carbocycles. The van der Waals surface area contributed by atoms with Crippen molar-refractivity contribution in [1.82, 2.24) is 4.57 Å². The highest BCUT2D eigenvalue weighted by Crippen LogP contribution is 2.31. The maximum absolute atomic E-state index is 13.5. The van der Waals surface area contributed by atoms with Crippen molar-refractivity contribution in [1.29, 1.82) is 0 Å². The van der Waals surface area contributed by atoms with E-state index in [4.69, 9.17) is 9.47 Å². The second-order valence-corrected chi connectivity index (χ2v) is 7.77. The molecule has 3 aromatic carbocycles. The van der Waals surface area contributed by atoms with Crippen LogP contribution < -0.4 is 9.47 Å². The molecule has 1 heterocycles. The average Bonchev–Trinajstić information content (AvgIpc) is 3.09. The Morgan fingerprint density at radius 3 is 2.45 bits per heavy atom. The number of nitrogens with zero attached hydrogens (tertiary/aromatic N) is 1. The molecular formula is C27H25NO5. The largest absolute Gasteiger partial charge is 0.497 e. The average molecular weight is 443 g/mol. The van der Waals surface area contributed by atoms with Crippen molar-refractivity contribution in [3.05, 3.63) is 95.2 Å². The molecule has 0 saturated heterocycles. The number of rotatable bonds is 8. The van der Waals surface area contributed by atoms with E-state index in [9.17, 15) is 14.7 Å². The van der Waals surface area contributed by atoms with Gasteiger partial charge >= 0.3 is 5.97 Å². The van der Waals surface area contributed by atoms with E-state index in [1.807, 2.05) is 36.4 Å². The Labute approximate surface area is 192 Å². The zero-order valence-corrected chi connectivity index (χ0v) is 18.6. The Morgan fingerprint density at radius 2 is 1.73 bits per heavy atom. The molecule has 0 fully saturated rings. The van der Waals surface area contributed by atoms with Gasteiger partial charge in [0.05, 0.1) is 25.7 Å². The van der Waals surface area contributed by atoms with E-state index in [0.717, 1.165) is 6.42 Å². The molecule has 33 heavy (non-hydrogen) atoms. The number of carboxylic acid groups (broad SMARTS) is 1. The van der Waals surface area contributed by atoms with Crippen LogP contribution in [0.3, 0.4) is 0 Å². The molecule has 0 aliphatic heterocycles. The van der Waals surface area contributed by atoms with Crippen LogP contribution in [0.1, 0.15) is 27.2 Å². The topological polar surface area (TPSA) is 77.8 Å². The minimum Gasteiger partial charge on any atom is -0.497 e. The van der Waals surface area contributed by atoms with E-state index in [1.54, 1.807) is 55.0 Å². The smallest absolute Gasteiger partial charge is 0.307 e. The monoisotopic (exact) mass is 443 g/mol. The summed E-state index contributed by atoms with van der Waals surface area (Å²) in [5.74, 6) is 0.0138. The lowest BCUT2D eigenvalue weighted by molar-refractivity contribution is -0.136. The van der Waals surface area contributed by atoms with Crippen LogP contribution in [-0.4, -0.2) is 35.3 Å². The van der Waals surface area contributed by atoms with Gasteiger partial charge in [0.25, 0.3) is 5.91 Å². The lowest BCUT2D eigenvalue weighted by Gasteiger charge is -2.10. The van der Waals surface area contributed by atoms with Crippen LogP contribution in [0.4, 0.5) is 0 Å². The first kappa shape index (κ1) is 22.1. The molecule has 4 aromatic rings. The quantitative estimate of drug-likeness (QED) is 0.419. The third-order valence-corrected chi connectivity index (χ3v) is 5.66. The number of methoxy groups -OCH3 is 1. The van der Waals surface area contributed by atoms with Gasteiger partial charge in [0.2, 0.25) is 0 Å². The van der Waals surface area contributed by atoms with Gasteiger partial charge in [0.15, 0.2) is 0 Å². The van der Waals surface area contributed by atoms with Gasteiger partial charge in [-0.3, -0.25) is 14.2 Å². The van der Waals surface area contributed by atoms with Crippen LogP contribution in [0.2, 0.25) is 0 Å². The molecule has 0 radical (unpaired) electrons. The molecule has 0 spiro atoms. The highest BCUT2D eigenvalue weighted by Gasteiger charge is 2.22. The van der Waals surface area contributed by atoms with Crippen LogP contribution >= 0.6 is 0 Å². The first-order valence-electron chi connectivity index (χ1n) is 10.7.